The quantitative estimate of drug-likeness (QED) is 0.795. The van der Waals surface area contributed by atoms with Crippen LogP contribution in [0.4, 0.5) is 4.79 Å². The van der Waals surface area contributed by atoms with Gasteiger partial charge >= 0.3 is 6.09 Å². The fraction of sp³-hybridized carbons (Fsp3) is 0.333. The first-order valence-electron chi connectivity index (χ1n) is 8.76. The lowest BCUT2D eigenvalue weighted by molar-refractivity contribution is -0.129. The molecule has 1 aliphatic heterocycles. The summed E-state index contributed by atoms with van der Waals surface area (Å²) in [5.74, 6) is -0.0430. The average molecular weight is 337 g/mol. The van der Waals surface area contributed by atoms with Gasteiger partial charge in [-0.3, -0.25) is 4.79 Å². The zero-order valence-corrected chi connectivity index (χ0v) is 14.4. The van der Waals surface area contributed by atoms with Gasteiger partial charge in [0.2, 0.25) is 5.91 Å². The molecule has 0 radical (unpaired) electrons. The first-order chi connectivity index (χ1) is 12.2. The molecule has 1 heterocycles. The van der Waals surface area contributed by atoms with Crippen molar-refractivity contribution in [2.75, 3.05) is 6.61 Å². The van der Waals surface area contributed by atoms with E-state index in [0.29, 0.717) is 12.8 Å². The maximum absolute atomic E-state index is 12.8. The summed E-state index contributed by atoms with van der Waals surface area (Å²) in [4.78, 5) is 26.2. The predicted molar refractivity (Wildman–Crippen MR) is 96.2 cm³/mol. The van der Waals surface area contributed by atoms with E-state index in [1.807, 2.05) is 60.7 Å². The number of cyclic esters (lactones) is 1. The van der Waals surface area contributed by atoms with Crippen molar-refractivity contribution in [1.29, 1.82) is 0 Å². The first kappa shape index (κ1) is 17.2. The molecule has 2 aromatic carbocycles. The number of amides is 2. The minimum atomic E-state index is -0.520. The van der Waals surface area contributed by atoms with Gasteiger partial charge in [-0.2, -0.15) is 0 Å². The molecule has 0 N–H and O–H groups in total. The number of rotatable bonds is 6. The van der Waals surface area contributed by atoms with Crippen LogP contribution in [0.3, 0.4) is 0 Å². The molecule has 0 saturated carbocycles. The number of nitrogens with zero attached hydrogens (tertiary/aromatic N) is 1. The second kappa shape index (κ2) is 7.97. The summed E-state index contributed by atoms with van der Waals surface area (Å²) in [5.41, 5.74) is 2.23. The van der Waals surface area contributed by atoms with Crippen LogP contribution < -0.4 is 0 Å². The van der Waals surface area contributed by atoms with Gasteiger partial charge in [-0.25, -0.2) is 9.69 Å². The van der Waals surface area contributed by atoms with E-state index in [1.165, 1.54) is 4.90 Å². The molecule has 25 heavy (non-hydrogen) atoms. The Bertz CT molecular complexity index is 714. The molecule has 1 fully saturated rings. The summed E-state index contributed by atoms with van der Waals surface area (Å²) in [5, 5.41) is 0. The zero-order chi connectivity index (χ0) is 17.6. The van der Waals surface area contributed by atoms with Crippen LogP contribution in [0.2, 0.25) is 0 Å². The van der Waals surface area contributed by atoms with E-state index in [1.54, 1.807) is 0 Å². The lowest BCUT2D eigenvalue weighted by atomic mass is 9.92. The molecule has 4 heteroatoms. The van der Waals surface area contributed by atoms with Gasteiger partial charge in [0.15, 0.2) is 0 Å². The van der Waals surface area contributed by atoms with Crippen LogP contribution in [0.1, 0.15) is 36.8 Å². The normalized spacial score (nSPS) is 18.0. The van der Waals surface area contributed by atoms with Crippen LogP contribution in [0.15, 0.2) is 60.7 Å². The maximum Gasteiger partial charge on any atom is 0.416 e. The molecule has 1 saturated heterocycles. The van der Waals surface area contributed by atoms with E-state index in [9.17, 15) is 9.59 Å². The highest BCUT2D eigenvalue weighted by atomic mass is 16.6. The Kier molecular flexibility index (Phi) is 5.49. The van der Waals surface area contributed by atoms with Gasteiger partial charge in [-0.1, -0.05) is 67.6 Å². The summed E-state index contributed by atoms with van der Waals surface area (Å²) in [7, 11) is 0. The number of benzene rings is 2. The van der Waals surface area contributed by atoms with Crippen LogP contribution in [0.25, 0.3) is 0 Å². The Balaban J connectivity index is 1.71. The van der Waals surface area contributed by atoms with E-state index in [2.05, 4.69) is 6.92 Å². The van der Waals surface area contributed by atoms with E-state index < -0.39 is 6.09 Å². The van der Waals surface area contributed by atoms with E-state index in [0.717, 1.165) is 17.5 Å². The number of carbonyl (C=O) groups is 2. The van der Waals surface area contributed by atoms with E-state index in [4.69, 9.17) is 4.74 Å². The minimum Gasteiger partial charge on any atom is -0.447 e. The van der Waals surface area contributed by atoms with Crippen molar-refractivity contribution >= 4 is 12.0 Å². The van der Waals surface area contributed by atoms with Gasteiger partial charge < -0.3 is 4.74 Å². The van der Waals surface area contributed by atoms with E-state index in [-0.39, 0.29) is 24.5 Å². The Hall–Kier alpha value is -2.62. The molecular formula is C21H23NO3. The van der Waals surface area contributed by atoms with Crippen molar-refractivity contribution in [3.05, 3.63) is 71.8 Å². The second-order valence-electron chi connectivity index (χ2n) is 6.40. The van der Waals surface area contributed by atoms with Crippen LogP contribution in [0, 0.1) is 0 Å². The summed E-state index contributed by atoms with van der Waals surface area (Å²) in [6.45, 7) is 2.33. The molecule has 0 unspecified atom stereocenters. The Labute approximate surface area is 148 Å². The van der Waals surface area contributed by atoms with Gasteiger partial charge in [0, 0.05) is 6.42 Å². The number of carbonyl (C=O) groups excluding carboxylic acids is 2. The standard InChI is InChI=1S/C21H23NO3/c1-2-17(18-11-7-4-8-12-18)14-20(23)22-19(15-25-21(22)24)13-16-9-5-3-6-10-16/h3-12,17,19H,2,13-15H2,1H3/t17-,19-/m1/s1. The van der Waals surface area contributed by atoms with Crippen molar-refractivity contribution < 1.29 is 14.3 Å². The predicted octanol–water partition coefficient (Wildman–Crippen LogP) is 4.16. The largest absolute Gasteiger partial charge is 0.447 e. The van der Waals surface area contributed by atoms with Gasteiger partial charge in [-0.15, -0.1) is 0 Å². The fourth-order valence-corrected chi connectivity index (χ4v) is 3.33. The fourth-order valence-electron chi connectivity index (χ4n) is 3.33. The smallest absolute Gasteiger partial charge is 0.416 e. The zero-order valence-electron chi connectivity index (χ0n) is 14.4. The van der Waals surface area contributed by atoms with Gasteiger partial charge in [0.1, 0.15) is 6.61 Å². The van der Waals surface area contributed by atoms with Gasteiger partial charge in [0.25, 0.3) is 0 Å². The molecule has 0 bridgehead atoms. The SMILES string of the molecule is CC[C@H](CC(=O)N1C(=O)OC[C@H]1Cc1ccccc1)c1ccccc1. The summed E-state index contributed by atoms with van der Waals surface area (Å²) in [6, 6.07) is 19.6. The third-order valence-corrected chi connectivity index (χ3v) is 4.73. The Morgan fingerprint density at radius 3 is 2.40 bits per heavy atom. The maximum atomic E-state index is 12.8. The molecule has 4 nitrogen and oxygen atoms in total. The van der Waals surface area contributed by atoms with Gasteiger partial charge in [-0.05, 0) is 29.9 Å². The molecule has 2 amide bonds. The van der Waals surface area contributed by atoms with Crippen molar-refractivity contribution in [3.8, 4) is 0 Å². The van der Waals surface area contributed by atoms with E-state index >= 15 is 0 Å². The van der Waals surface area contributed by atoms with Crippen LogP contribution in [-0.2, 0) is 16.0 Å². The van der Waals surface area contributed by atoms with Gasteiger partial charge in [0.05, 0.1) is 6.04 Å². The summed E-state index contributed by atoms with van der Waals surface area (Å²) >= 11 is 0. The summed E-state index contributed by atoms with van der Waals surface area (Å²) < 4.78 is 5.16. The van der Waals surface area contributed by atoms with Crippen molar-refractivity contribution in [2.45, 2.75) is 38.1 Å². The number of imide groups is 1. The highest BCUT2D eigenvalue weighted by Gasteiger charge is 2.38. The highest BCUT2D eigenvalue weighted by molar-refractivity contribution is 5.94. The molecule has 0 aliphatic carbocycles. The Morgan fingerprint density at radius 1 is 1.12 bits per heavy atom. The molecule has 3 rings (SSSR count). The molecule has 1 aliphatic rings. The molecule has 2 atom stereocenters. The molecule has 0 spiro atoms. The molecular weight excluding hydrogens is 314 g/mol. The number of hydrogen-bond donors (Lipinski definition) is 0. The van der Waals surface area contributed by atoms with Crippen molar-refractivity contribution in [1.82, 2.24) is 4.90 Å². The highest BCUT2D eigenvalue weighted by Crippen LogP contribution is 2.26. The Morgan fingerprint density at radius 2 is 1.76 bits per heavy atom. The second-order valence-corrected chi connectivity index (χ2v) is 6.40. The summed E-state index contributed by atoms with van der Waals surface area (Å²) in [6.07, 6.45) is 1.28. The number of hydrogen-bond acceptors (Lipinski definition) is 3. The van der Waals surface area contributed by atoms with Crippen molar-refractivity contribution in [3.63, 3.8) is 0 Å². The number of ether oxygens (including phenoxy) is 1. The lowest BCUT2D eigenvalue weighted by Crippen LogP contribution is -2.40. The van der Waals surface area contributed by atoms with Crippen LogP contribution in [0.5, 0.6) is 0 Å². The average Bonchev–Trinajstić information content (AvgIpc) is 3.01. The molecule has 130 valence electrons. The molecule has 0 aromatic heterocycles. The van der Waals surface area contributed by atoms with Crippen LogP contribution >= 0.6 is 0 Å². The van der Waals surface area contributed by atoms with Crippen LogP contribution in [-0.4, -0.2) is 29.5 Å². The topological polar surface area (TPSA) is 46.6 Å². The monoisotopic (exact) mass is 337 g/mol. The molecule has 2 aromatic rings. The minimum absolute atomic E-state index is 0.111. The first-order valence-corrected chi connectivity index (χ1v) is 8.76. The third-order valence-electron chi connectivity index (χ3n) is 4.73. The lowest BCUT2D eigenvalue weighted by Gasteiger charge is -2.22. The van der Waals surface area contributed by atoms with Crippen molar-refractivity contribution in [2.24, 2.45) is 0 Å². The third kappa shape index (κ3) is 4.08.